The van der Waals surface area contributed by atoms with Crippen molar-refractivity contribution in [1.29, 1.82) is 0 Å². The average Bonchev–Trinajstić information content (AvgIpc) is 3.20. The molecule has 1 unspecified atom stereocenters. The van der Waals surface area contributed by atoms with Gasteiger partial charge in [-0.15, -0.1) is 0 Å². The third kappa shape index (κ3) is 4.28. The van der Waals surface area contributed by atoms with Crippen molar-refractivity contribution in [2.45, 2.75) is 19.6 Å². The van der Waals surface area contributed by atoms with Gasteiger partial charge in [-0.1, -0.05) is 45.2 Å². The number of anilines is 1. The molecule has 0 radical (unpaired) electrons. The van der Waals surface area contributed by atoms with Crippen molar-refractivity contribution < 1.29 is 14.3 Å². The zero-order valence-electron chi connectivity index (χ0n) is 16.5. The molecule has 0 amide bonds. The normalized spacial score (nSPS) is 15.3. The van der Waals surface area contributed by atoms with Crippen LogP contribution < -0.4 is 10.1 Å². The molecule has 0 fully saturated rings. The minimum absolute atomic E-state index is 0.218. The van der Waals surface area contributed by atoms with E-state index in [2.05, 4.69) is 31.3 Å². The van der Waals surface area contributed by atoms with Crippen molar-refractivity contribution in [2.75, 3.05) is 12.4 Å². The molecule has 0 bridgehead atoms. The molecule has 0 aliphatic carbocycles. The van der Waals surface area contributed by atoms with Crippen molar-refractivity contribution in [2.24, 2.45) is 0 Å². The van der Waals surface area contributed by atoms with E-state index < -0.39 is 12.0 Å². The van der Waals surface area contributed by atoms with Gasteiger partial charge in [-0.25, -0.2) is 9.48 Å². The lowest BCUT2D eigenvalue weighted by Crippen LogP contribution is -2.29. The number of benzene rings is 2. The van der Waals surface area contributed by atoms with Gasteiger partial charge >= 0.3 is 5.97 Å². The van der Waals surface area contributed by atoms with Crippen LogP contribution in [0.25, 0.3) is 0 Å². The monoisotopic (exact) mass is 522 g/mol. The van der Waals surface area contributed by atoms with Gasteiger partial charge in [-0.05, 0) is 37.3 Å². The molecule has 1 aromatic heterocycles. The first-order valence-electron chi connectivity index (χ1n) is 9.21. The van der Waals surface area contributed by atoms with Crippen molar-refractivity contribution in [3.8, 4) is 5.75 Å². The largest absolute Gasteiger partial charge is 0.488 e. The number of carbonyl (C=O) groups is 1. The van der Waals surface area contributed by atoms with Crippen LogP contribution in [0.15, 0.2) is 58.5 Å². The highest BCUT2D eigenvalue weighted by atomic mass is 79.9. The summed E-state index contributed by atoms with van der Waals surface area (Å²) in [6.45, 7) is 2.01. The van der Waals surface area contributed by atoms with E-state index in [1.165, 1.54) is 13.4 Å². The predicted octanol–water partition coefficient (Wildman–Crippen LogP) is 5.39. The van der Waals surface area contributed by atoms with Gasteiger partial charge in [0.2, 0.25) is 5.95 Å². The molecule has 0 saturated carbocycles. The molecule has 10 heteroatoms. The number of carbonyl (C=O) groups excluding carboxylic acids is 1. The van der Waals surface area contributed by atoms with Crippen molar-refractivity contribution >= 4 is 51.0 Å². The highest BCUT2D eigenvalue weighted by Crippen LogP contribution is 2.40. The van der Waals surface area contributed by atoms with E-state index >= 15 is 0 Å². The minimum Gasteiger partial charge on any atom is -0.488 e. The van der Waals surface area contributed by atoms with Gasteiger partial charge in [-0.2, -0.15) is 10.1 Å². The topological polar surface area (TPSA) is 78.3 Å². The third-order valence-electron chi connectivity index (χ3n) is 4.86. The van der Waals surface area contributed by atoms with Gasteiger partial charge in [0.25, 0.3) is 0 Å². The van der Waals surface area contributed by atoms with Crippen LogP contribution in [-0.4, -0.2) is 27.8 Å². The molecule has 1 aliphatic heterocycles. The summed E-state index contributed by atoms with van der Waals surface area (Å²) in [5, 5.41) is 8.48. The Morgan fingerprint density at radius 3 is 2.81 bits per heavy atom. The van der Waals surface area contributed by atoms with Gasteiger partial charge in [0, 0.05) is 31.3 Å². The van der Waals surface area contributed by atoms with E-state index in [1.54, 1.807) is 23.7 Å². The SMILES string of the molecule is COC(=O)C1=C(C)Nc2ncnn2C1c1cc(Br)ccc1OCc1ccc(Cl)cc1Cl. The van der Waals surface area contributed by atoms with Crippen molar-refractivity contribution in [3.05, 3.63) is 79.6 Å². The number of rotatable bonds is 5. The first-order valence-corrected chi connectivity index (χ1v) is 10.8. The number of hydrogen-bond acceptors (Lipinski definition) is 6. The second-order valence-corrected chi connectivity index (χ2v) is 8.55. The van der Waals surface area contributed by atoms with Gasteiger partial charge in [-0.3, -0.25) is 0 Å². The van der Waals surface area contributed by atoms with E-state index in [0.717, 1.165) is 10.0 Å². The van der Waals surface area contributed by atoms with Crippen molar-refractivity contribution in [1.82, 2.24) is 14.8 Å². The molecule has 3 aromatic rings. The van der Waals surface area contributed by atoms with E-state index in [9.17, 15) is 4.79 Å². The summed E-state index contributed by atoms with van der Waals surface area (Å²) in [5.74, 6) is 0.612. The number of hydrogen-bond donors (Lipinski definition) is 1. The van der Waals surface area contributed by atoms with E-state index in [0.29, 0.717) is 38.6 Å². The number of methoxy groups -OCH3 is 1. The quantitative estimate of drug-likeness (QED) is 0.452. The van der Waals surface area contributed by atoms with Gasteiger partial charge in [0.1, 0.15) is 24.7 Å². The van der Waals surface area contributed by atoms with E-state index in [1.807, 2.05) is 24.3 Å². The third-order valence-corrected chi connectivity index (χ3v) is 5.94. The number of aromatic nitrogens is 3. The maximum atomic E-state index is 12.7. The first kappa shape index (κ1) is 21.7. The number of esters is 1. The Balaban J connectivity index is 1.78. The van der Waals surface area contributed by atoms with Crippen LogP contribution in [-0.2, 0) is 16.1 Å². The molecule has 1 aliphatic rings. The zero-order valence-corrected chi connectivity index (χ0v) is 19.6. The molecule has 0 spiro atoms. The summed E-state index contributed by atoms with van der Waals surface area (Å²) in [4.78, 5) is 16.9. The fourth-order valence-electron chi connectivity index (χ4n) is 3.41. The fraction of sp³-hybridized carbons (Fsp3) is 0.190. The lowest BCUT2D eigenvalue weighted by atomic mass is 9.95. The summed E-state index contributed by atoms with van der Waals surface area (Å²) >= 11 is 15.8. The molecular formula is C21H17BrCl2N4O3. The van der Waals surface area contributed by atoms with E-state index in [-0.39, 0.29) is 6.61 Å². The van der Waals surface area contributed by atoms with Crippen LogP contribution in [0.5, 0.6) is 5.75 Å². The maximum Gasteiger partial charge on any atom is 0.338 e. The van der Waals surface area contributed by atoms with Crippen LogP contribution in [0.3, 0.4) is 0 Å². The molecule has 160 valence electrons. The molecule has 1 atom stereocenters. The Bertz CT molecular complexity index is 1200. The first-order chi connectivity index (χ1) is 14.9. The van der Waals surface area contributed by atoms with Crippen LogP contribution in [0.4, 0.5) is 5.95 Å². The molecule has 1 N–H and O–H groups in total. The van der Waals surface area contributed by atoms with E-state index in [4.69, 9.17) is 32.7 Å². The Morgan fingerprint density at radius 2 is 2.06 bits per heavy atom. The Morgan fingerprint density at radius 1 is 1.26 bits per heavy atom. The summed E-state index contributed by atoms with van der Waals surface area (Å²) in [6.07, 6.45) is 1.43. The number of ether oxygens (including phenoxy) is 2. The smallest absolute Gasteiger partial charge is 0.338 e. The fourth-order valence-corrected chi connectivity index (χ4v) is 4.25. The standard InChI is InChI=1S/C21H17BrCl2N4O3/c1-11-18(20(29)30-2)19(28-21(27-11)25-10-26-28)15-7-13(22)4-6-17(15)31-9-12-3-5-14(23)8-16(12)24/h3-8,10,19H,9H2,1-2H3,(H,25,26,27). The van der Waals surface area contributed by atoms with Gasteiger partial charge < -0.3 is 14.8 Å². The summed E-state index contributed by atoms with van der Waals surface area (Å²) < 4.78 is 13.6. The highest BCUT2D eigenvalue weighted by Gasteiger charge is 2.36. The molecular weight excluding hydrogens is 507 g/mol. The minimum atomic E-state index is -0.598. The predicted molar refractivity (Wildman–Crippen MR) is 121 cm³/mol. The Hall–Kier alpha value is -2.55. The molecule has 2 aromatic carbocycles. The number of fused-ring (bicyclic) bond motifs is 1. The van der Waals surface area contributed by atoms with Crippen LogP contribution in [0.2, 0.25) is 10.0 Å². The zero-order chi connectivity index (χ0) is 22.1. The second-order valence-electron chi connectivity index (χ2n) is 6.79. The van der Waals surface area contributed by atoms with Crippen molar-refractivity contribution in [3.63, 3.8) is 0 Å². The second kappa shape index (κ2) is 8.90. The number of halogens is 3. The lowest BCUT2D eigenvalue weighted by molar-refractivity contribution is -0.136. The summed E-state index contributed by atoms with van der Waals surface area (Å²) in [6, 6.07) is 10.2. The molecule has 7 nitrogen and oxygen atoms in total. The van der Waals surface area contributed by atoms with Crippen LogP contribution in [0.1, 0.15) is 24.1 Å². The van der Waals surface area contributed by atoms with Crippen LogP contribution >= 0.6 is 39.1 Å². The van der Waals surface area contributed by atoms with Gasteiger partial charge in [0.05, 0.1) is 12.7 Å². The maximum absolute atomic E-state index is 12.7. The highest BCUT2D eigenvalue weighted by molar-refractivity contribution is 9.10. The molecule has 0 saturated heterocycles. The summed E-state index contributed by atoms with van der Waals surface area (Å²) in [5.41, 5.74) is 2.54. The number of nitrogens with one attached hydrogen (secondary N) is 1. The Labute approximate surface area is 197 Å². The number of nitrogens with zero attached hydrogens (tertiary/aromatic N) is 3. The molecule has 31 heavy (non-hydrogen) atoms. The van der Waals surface area contributed by atoms with Gasteiger partial charge in [0.15, 0.2) is 0 Å². The number of allylic oxidation sites excluding steroid dienone is 1. The van der Waals surface area contributed by atoms with Crippen LogP contribution in [0, 0.1) is 0 Å². The average molecular weight is 524 g/mol. The lowest BCUT2D eigenvalue weighted by Gasteiger charge is -2.29. The molecule has 4 rings (SSSR count). The Kier molecular flexibility index (Phi) is 6.22. The molecule has 2 heterocycles. The summed E-state index contributed by atoms with van der Waals surface area (Å²) in [7, 11) is 1.34.